The summed E-state index contributed by atoms with van der Waals surface area (Å²) in [4.78, 5) is -0.0590. The molecule has 1 heterocycles. The number of hydrogen-bond donors (Lipinski definition) is 3. The Hall–Kier alpha value is -1.99. The van der Waals surface area contributed by atoms with Gasteiger partial charge in [-0.15, -0.1) is 0 Å². The number of nitrogens with two attached hydrogens (primary N) is 2. The predicted octanol–water partition coefficient (Wildman–Crippen LogP) is 1.94. The minimum atomic E-state index is -3.78. The van der Waals surface area contributed by atoms with Crippen LogP contribution in [0.4, 0.5) is 11.4 Å². The van der Waals surface area contributed by atoms with Crippen molar-refractivity contribution < 1.29 is 12.8 Å². The number of aryl methyl sites for hydroxylation is 1. The standard InChI is InChI=1S/C14H19N3O3S/c1-10(4-6-12-3-2-8-20-12)17-11-5-7-14(13(15)9-11)21(16,18)19/h2-3,5,7-10,17H,4,6,15H2,1H3,(H2,16,18,19). The van der Waals surface area contributed by atoms with E-state index < -0.39 is 10.0 Å². The lowest BCUT2D eigenvalue weighted by Crippen LogP contribution is -2.17. The van der Waals surface area contributed by atoms with Gasteiger partial charge < -0.3 is 15.5 Å². The summed E-state index contributed by atoms with van der Waals surface area (Å²) in [6.45, 7) is 2.03. The van der Waals surface area contributed by atoms with Gasteiger partial charge in [-0.05, 0) is 43.7 Å². The number of primary sulfonamides is 1. The van der Waals surface area contributed by atoms with E-state index in [1.807, 2.05) is 19.1 Å². The summed E-state index contributed by atoms with van der Waals surface area (Å²) in [5, 5.41) is 8.34. The van der Waals surface area contributed by atoms with E-state index in [0.717, 1.165) is 24.3 Å². The van der Waals surface area contributed by atoms with Crippen LogP contribution in [0.3, 0.4) is 0 Å². The van der Waals surface area contributed by atoms with Crippen LogP contribution in [0.1, 0.15) is 19.1 Å². The summed E-state index contributed by atoms with van der Waals surface area (Å²) in [6, 6.07) is 8.62. The Morgan fingerprint density at radius 1 is 1.33 bits per heavy atom. The molecule has 0 saturated heterocycles. The zero-order chi connectivity index (χ0) is 15.5. The van der Waals surface area contributed by atoms with Gasteiger partial charge in [0.15, 0.2) is 0 Å². The molecule has 5 N–H and O–H groups in total. The summed E-state index contributed by atoms with van der Waals surface area (Å²) >= 11 is 0. The fourth-order valence-corrected chi connectivity index (χ4v) is 2.71. The number of anilines is 2. The molecule has 2 aromatic rings. The van der Waals surface area contributed by atoms with Crippen LogP contribution in [0, 0.1) is 0 Å². The first-order valence-electron chi connectivity index (χ1n) is 6.57. The summed E-state index contributed by atoms with van der Waals surface area (Å²) in [7, 11) is -3.78. The van der Waals surface area contributed by atoms with Crippen molar-refractivity contribution in [2.45, 2.75) is 30.7 Å². The van der Waals surface area contributed by atoms with E-state index in [0.29, 0.717) is 0 Å². The minimum Gasteiger partial charge on any atom is -0.469 e. The van der Waals surface area contributed by atoms with Crippen LogP contribution in [0.2, 0.25) is 0 Å². The highest BCUT2D eigenvalue weighted by molar-refractivity contribution is 7.89. The van der Waals surface area contributed by atoms with E-state index >= 15 is 0 Å². The molecule has 1 aromatic carbocycles. The maximum absolute atomic E-state index is 11.3. The van der Waals surface area contributed by atoms with Gasteiger partial charge in [-0.3, -0.25) is 0 Å². The van der Waals surface area contributed by atoms with Crippen LogP contribution in [0.5, 0.6) is 0 Å². The summed E-state index contributed by atoms with van der Waals surface area (Å²) in [5.41, 5.74) is 6.62. The summed E-state index contributed by atoms with van der Waals surface area (Å²) < 4.78 is 27.9. The molecule has 6 nitrogen and oxygen atoms in total. The topological polar surface area (TPSA) is 111 Å². The smallest absolute Gasteiger partial charge is 0.240 e. The molecule has 0 amide bonds. The van der Waals surface area contributed by atoms with Gasteiger partial charge in [-0.25, -0.2) is 13.6 Å². The lowest BCUT2D eigenvalue weighted by molar-refractivity contribution is 0.495. The molecule has 114 valence electrons. The molecule has 7 heteroatoms. The number of benzene rings is 1. The molecule has 0 spiro atoms. The van der Waals surface area contributed by atoms with E-state index in [1.54, 1.807) is 18.4 Å². The number of nitrogen functional groups attached to an aromatic ring is 1. The van der Waals surface area contributed by atoms with Crippen molar-refractivity contribution in [3.05, 3.63) is 42.4 Å². The first-order chi connectivity index (χ1) is 9.86. The Balaban J connectivity index is 1.98. The Labute approximate surface area is 124 Å². The van der Waals surface area contributed by atoms with E-state index in [9.17, 15) is 8.42 Å². The third-order valence-corrected chi connectivity index (χ3v) is 4.12. The average molecular weight is 309 g/mol. The van der Waals surface area contributed by atoms with Gasteiger partial charge in [0.25, 0.3) is 0 Å². The molecule has 0 fully saturated rings. The van der Waals surface area contributed by atoms with Crippen molar-refractivity contribution in [1.29, 1.82) is 0 Å². The average Bonchev–Trinajstić information content (AvgIpc) is 2.88. The third kappa shape index (κ3) is 4.24. The molecule has 1 unspecified atom stereocenters. The highest BCUT2D eigenvalue weighted by atomic mass is 32.2. The zero-order valence-corrected chi connectivity index (χ0v) is 12.6. The molecule has 2 rings (SSSR count). The second kappa shape index (κ2) is 6.19. The minimum absolute atomic E-state index is 0.0590. The molecule has 21 heavy (non-hydrogen) atoms. The maximum Gasteiger partial charge on any atom is 0.240 e. The van der Waals surface area contributed by atoms with Crippen LogP contribution >= 0.6 is 0 Å². The number of rotatable bonds is 6. The molecule has 1 aromatic heterocycles. The van der Waals surface area contributed by atoms with Crippen molar-refractivity contribution in [2.24, 2.45) is 5.14 Å². The lowest BCUT2D eigenvalue weighted by Gasteiger charge is -2.15. The molecular formula is C14H19N3O3S. The molecule has 0 radical (unpaired) electrons. The summed E-state index contributed by atoms with van der Waals surface area (Å²) in [6.07, 6.45) is 3.36. The molecule has 0 bridgehead atoms. The number of nitrogens with one attached hydrogen (secondary N) is 1. The fourth-order valence-electron chi connectivity index (χ4n) is 2.07. The zero-order valence-electron chi connectivity index (χ0n) is 11.7. The maximum atomic E-state index is 11.3. The number of furan rings is 1. The Morgan fingerprint density at radius 2 is 2.10 bits per heavy atom. The Morgan fingerprint density at radius 3 is 2.67 bits per heavy atom. The van der Waals surface area contributed by atoms with Crippen molar-refractivity contribution in [1.82, 2.24) is 0 Å². The van der Waals surface area contributed by atoms with Gasteiger partial charge in [0.2, 0.25) is 10.0 Å². The third-order valence-electron chi connectivity index (χ3n) is 3.13. The second-order valence-corrected chi connectivity index (χ2v) is 6.49. The number of sulfonamides is 1. The van der Waals surface area contributed by atoms with Gasteiger partial charge >= 0.3 is 0 Å². The van der Waals surface area contributed by atoms with E-state index in [2.05, 4.69) is 5.32 Å². The molecule has 1 atom stereocenters. The Kier molecular flexibility index (Phi) is 4.54. The van der Waals surface area contributed by atoms with Crippen LogP contribution in [0.15, 0.2) is 45.9 Å². The number of hydrogen-bond acceptors (Lipinski definition) is 5. The molecule has 0 aliphatic carbocycles. The quantitative estimate of drug-likeness (QED) is 0.706. The van der Waals surface area contributed by atoms with Crippen molar-refractivity contribution in [3.8, 4) is 0 Å². The molecule has 0 saturated carbocycles. The van der Waals surface area contributed by atoms with Crippen LogP contribution in [-0.4, -0.2) is 14.5 Å². The van der Waals surface area contributed by atoms with Gasteiger partial charge in [-0.1, -0.05) is 0 Å². The SMILES string of the molecule is CC(CCc1ccco1)Nc1ccc(S(N)(=O)=O)c(N)c1. The fraction of sp³-hybridized carbons (Fsp3) is 0.286. The van der Waals surface area contributed by atoms with Crippen LogP contribution < -0.4 is 16.2 Å². The van der Waals surface area contributed by atoms with E-state index in [1.165, 1.54) is 6.07 Å². The monoisotopic (exact) mass is 309 g/mol. The van der Waals surface area contributed by atoms with Crippen molar-refractivity contribution in [3.63, 3.8) is 0 Å². The normalized spacial score (nSPS) is 13.0. The second-order valence-electron chi connectivity index (χ2n) is 4.96. The van der Waals surface area contributed by atoms with Gasteiger partial charge in [0.05, 0.1) is 12.0 Å². The Bertz CT molecular complexity index is 696. The largest absolute Gasteiger partial charge is 0.469 e. The van der Waals surface area contributed by atoms with Gasteiger partial charge in [-0.2, -0.15) is 0 Å². The van der Waals surface area contributed by atoms with Gasteiger partial charge in [0, 0.05) is 18.2 Å². The van der Waals surface area contributed by atoms with Crippen molar-refractivity contribution in [2.75, 3.05) is 11.1 Å². The van der Waals surface area contributed by atoms with Crippen LogP contribution in [0.25, 0.3) is 0 Å². The first-order valence-corrected chi connectivity index (χ1v) is 8.12. The van der Waals surface area contributed by atoms with E-state index in [-0.39, 0.29) is 16.6 Å². The highest BCUT2D eigenvalue weighted by Crippen LogP contribution is 2.22. The first kappa shape index (κ1) is 15.4. The molecule has 0 aliphatic rings. The van der Waals surface area contributed by atoms with E-state index in [4.69, 9.17) is 15.3 Å². The lowest BCUT2D eigenvalue weighted by atomic mass is 10.1. The highest BCUT2D eigenvalue weighted by Gasteiger charge is 2.13. The van der Waals surface area contributed by atoms with Crippen LogP contribution in [-0.2, 0) is 16.4 Å². The molecular weight excluding hydrogens is 290 g/mol. The van der Waals surface area contributed by atoms with Gasteiger partial charge in [0.1, 0.15) is 10.7 Å². The predicted molar refractivity (Wildman–Crippen MR) is 82.3 cm³/mol. The van der Waals surface area contributed by atoms with Crippen molar-refractivity contribution >= 4 is 21.4 Å². The molecule has 0 aliphatic heterocycles. The summed E-state index contributed by atoms with van der Waals surface area (Å²) in [5.74, 6) is 0.938.